The van der Waals surface area contributed by atoms with E-state index in [1.54, 1.807) is 11.3 Å². The maximum Gasteiger partial charge on any atom is 0.417 e. The SMILES string of the molecule is Cc1cc(C)c(-c2ccc(CCNC(=O)c3ccccc3C(F)(F)F)cc2)s1. The Morgan fingerprint density at radius 1 is 1.04 bits per heavy atom. The number of hydrogen-bond donors (Lipinski definition) is 1. The Balaban J connectivity index is 1.61. The van der Waals surface area contributed by atoms with Gasteiger partial charge in [-0.25, -0.2) is 0 Å². The normalized spacial score (nSPS) is 11.5. The second kappa shape index (κ2) is 8.19. The molecule has 3 aromatic rings. The van der Waals surface area contributed by atoms with Crippen molar-refractivity contribution >= 4 is 17.2 Å². The number of hydrogen-bond acceptors (Lipinski definition) is 2. The van der Waals surface area contributed by atoms with Gasteiger partial charge >= 0.3 is 6.18 Å². The molecule has 0 spiro atoms. The molecule has 0 unspecified atom stereocenters. The zero-order chi connectivity index (χ0) is 20.3. The molecular weight excluding hydrogens is 383 g/mol. The van der Waals surface area contributed by atoms with Crippen molar-refractivity contribution in [2.75, 3.05) is 6.54 Å². The minimum atomic E-state index is -4.55. The summed E-state index contributed by atoms with van der Waals surface area (Å²) < 4.78 is 39.1. The third-order valence-corrected chi connectivity index (χ3v) is 5.64. The highest BCUT2D eigenvalue weighted by atomic mass is 32.1. The lowest BCUT2D eigenvalue weighted by atomic mass is 10.1. The van der Waals surface area contributed by atoms with E-state index in [4.69, 9.17) is 0 Å². The molecule has 0 aliphatic rings. The first-order chi connectivity index (χ1) is 13.3. The summed E-state index contributed by atoms with van der Waals surface area (Å²) in [5.41, 5.74) is 2.12. The molecule has 28 heavy (non-hydrogen) atoms. The quantitative estimate of drug-likeness (QED) is 0.554. The van der Waals surface area contributed by atoms with Crippen LogP contribution >= 0.6 is 11.3 Å². The first-order valence-corrected chi connectivity index (χ1v) is 9.68. The van der Waals surface area contributed by atoms with Crippen LogP contribution in [0.25, 0.3) is 10.4 Å². The Morgan fingerprint density at radius 2 is 1.71 bits per heavy atom. The second-order valence-electron chi connectivity index (χ2n) is 6.62. The van der Waals surface area contributed by atoms with Gasteiger partial charge in [0.2, 0.25) is 0 Å². The average molecular weight is 403 g/mol. The molecule has 0 bridgehead atoms. The van der Waals surface area contributed by atoms with Gasteiger partial charge < -0.3 is 5.32 Å². The molecule has 1 amide bonds. The van der Waals surface area contributed by atoms with Crippen molar-refractivity contribution in [2.45, 2.75) is 26.4 Å². The largest absolute Gasteiger partial charge is 0.417 e. The van der Waals surface area contributed by atoms with Crippen LogP contribution in [-0.2, 0) is 12.6 Å². The van der Waals surface area contributed by atoms with Crippen molar-refractivity contribution in [1.29, 1.82) is 0 Å². The van der Waals surface area contributed by atoms with Gasteiger partial charge in [0.15, 0.2) is 0 Å². The van der Waals surface area contributed by atoms with E-state index in [2.05, 4.69) is 25.2 Å². The first kappa shape index (κ1) is 20.1. The van der Waals surface area contributed by atoms with Crippen LogP contribution in [0.3, 0.4) is 0 Å². The number of nitrogens with one attached hydrogen (secondary N) is 1. The molecule has 0 aliphatic heterocycles. The molecule has 0 fully saturated rings. The second-order valence-corrected chi connectivity index (χ2v) is 7.87. The van der Waals surface area contributed by atoms with Gasteiger partial charge in [-0.3, -0.25) is 4.79 Å². The zero-order valence-corrected chi connectivity index (χ0v) is 16.4. The molecule has 2 aromatic carbocycles. The van der Waals surface area contributed by atoms with Crippen LogP contribution in [-0.4, -0.2) is 12.5 Å². The summed E-state index contributed by atoms with van der Waals surface area (Å²) in [5.74, 6) is -0.714. The fourth-order valence-electron chi connectivity index (χ4n) is 3.09. The predicted octanol–water partition coefficient (Wildman–Crippen LogP) is 6.02. The molecule has 0 saturated carbocycles. The highest BCUT2D eigenvalue weighted by molar-refractivity contribution is 7.15. The van der Waals surface area contributed by atoms with Crippen molar-refractivity contribution in [3.8, 4) is 10.4 Å². The molecule has 1 heterocycles. The van der Waals surface area contributed by atoms with E-state index in [1.165, 1.54) is 33.5 Å². The highest BCUT2D eigenvalue weighted by Crippen LogP contribution is 2.33. The number of carbonyl (C=O) groups excluding carboxylic acids is 1. The highest BCUT2D eigenvalue weighted by Gasteiger charge is 2.34. The monoisotopic (exact) mass is 403 g/mol. The van der Waals surface area contributed by atoms with E-state index in [0.29, 0.717) is 6.42 Å². The van der Waals surface area contributed by atoms with Crippen LogP contribution in [0, 0.1) is 13.8 Å². The molecule has 1 aromatic heterocycles. The van der Waals surface area contributed by atoms with E-state index >= 15 is 0 Å². The third kappa shape index (κ3) is 4.62. The number of halogens is 3. The third-order valence-electron chi connectivity index (χ3n) is 4.43. The van der Waals surface area contributed by atoms with Crippen LogP contribution < -0.4 is 5.32 Å². The number of aryl methyl sites for hydroxylation is 2. The summed E-state index contributed by atoms with van der Waals surface area (Å²) in [6, 6.07) is 15.0. The molecule has 3 rings (SSSR count). The fraction of sp³-hybridized carbons (Fsp3) is 0.227. The molecule has 0 saturated heterocycles. The number of thiophene rings is 1. The van der Waals surface area contributed by atoms with Crippen molar-refractivity contribution < 1.29 is 18.0 Å². The maximum atomic E-state index is 13.0. The van der Waals surface area contributed by atoms with Gasteiger partial charge in [-0.2, -0.15) is 13.2 Å². The van der Waals surface area contributed by atoms with Gasteiger partial charge in [0.05, 0.1) is 11.1 Å². The summed E-state index contributed by atoms with van der Waals surface area (Å²) in [5, 5.41) is 2.58. The van der Waals surface area contributed by atoms with Crippen molar-refractivity contribution in [2.24, 2.45) is 0 Å². The van der Waals surface area contributed by atoms with Crippen molar-refractivity contribution in [1.82, 2.24) is 5.32 Å². The van der Waals surface area contributed by atoms with Crippen molar-refractivity contribution in [3.05, 3.63) is 81.7 Å². The van der Waals surface area contributed by atoms with Gasteiger partial charge in [-0.15, -0.1) is 11.3 Å². The van der Waals surface area contributed by atoms with Gasteiger partial charge in [0.1, 0.15) is 0 Å². The zero-order valence-electron chi connectivity index (χ0n) is 15.6. The van der Waals surface area contributed by atoms with Crippen LogP contribution in [0.1, 0.15) is 31.9 Å². The molecule has 2 nitrogen and oxygen atoms in total. The topological polar surface area (TPSA) is 29.1 Å². The Morgan fingerprint density at radius 3 is 2.32 bits per heavy atom. The molecular formula is C22H20F3NOS. The maximum absolute atomic E-state index is 13.0. The summed E-state index contributed by atoms with van der Waals surface area (Å²) in [6.07, 6.45) is -4.01. The first-order valence-electron chi connectivity index (χ1n) is 8.86. The number of carbonyl (C=O) groups is 1. The smallest absolute Gasteiger partial charge is 0.352 e. The molecule has 6 heteroatoms. The van der Waals surface area contributed by atoms with E-state index in [0.717, 1.165) is 17.2 Å². The standard InChI is InChI=1S/C22H20F3NOS/c1-14-13-15(2)28-20(14)17-9-7-16(8-10-17)11-12-26-21(27)18-5-3-4-6-19(18)22(23,24)25/h3-10,13H,11-12H2,1-2H3,(H,26,27). The summed E-state index contributed by atoms with van der Waals surface area (Å²) in [7, 11) is 0. The molecule has 146 valence electrons. The minimum Gasteiger partial charge on any atom is -0.352 e. The van der Waals surface area contributed by atoms with Gasteiger partial charge in [-0.05, 0) is 55.2 Å². The lowest BCUT2D eigenvalue weighted by Crippen LogP contribution is -2.28. The summed E-state index contributed by atoms with van der Waals surface area (Å²) >= 11 is 1.75. The van der Waals surface area contributed by atoms with E-state index < -0.39 is 17.6 Å². The lowest BCUT2D eigenvalue weighted by molar-refractivity contribution is -0.137. The Kier molecular flexibility index (Phi) is 5.89. The Bertz CT molecular complexity index is 974. The molecule has 1 N–H and O–H groups in total. The number of alkyl halides is 3. The van der Waals surface area contributed by atoms with Crippen LogP contribution in [0.2, 0.25) is 0 Å². The molecule has 0 aliphatic carbocycles. The average Bonchev–Trinajstić information content (AvgIpc) is 2.99. The fourth-order valence-corrected chi connectivity index (χ4v) is 4.13. The van der Waals surface area contributed by atoms with Crippen LogP contribution in [0.4, 0.5) is 13.2 Å². The number of amides is 1. The van der Waals surface area contributed by atoms with Gasteiger partial charge in [0, 0.05) is 16.3 Å². The summed E-state index contributed by atoms with van der Waals surface area (Å²) in [6.45, 7) is 4.43. The number of benzene rings is 2. The predicted molar refractivity (Wildman–Crippen MR) is 107 cm³/mol. The Hall–Kier alpha value is -2.60. The Labute approximate surface area is 166 Å². The van der Waals surface area contributed by atoms with E-state index in [-0.39, 0.29) is 12.1 Å². The van der Waals surface area contributed by atoms with Crippen LogP contribution in [0.15, 0.2) is 54.6 Å². The van der Waals surface area contributed by atoms with Crippen molar-refractivity contribution in [3.63, 3.8) is 0 Å². The number of rotatable bonds is 5. The lowest BCUT2D eigenvalue weighted by Gasteiger charge is -2.12. The van der Waals surface area contributed by atoms with E-state index in [1.807, 2.05) is 24.3 Å². The van der Waals surface area contributed by atoms with E-state index in [9.17, 15) is 18.0 Å². The summed E-state index contributed by atoms with van der Waals surface area (Å²) in [4.78, 5) is 14.7. The van der Waals surface area contributed by atoms with Gasteiger partial charge in [0.25, 0.3) is 5.91 Å². The molecule has 0 radical (unpaired) electrons. The van der Waals surface area contributed by atoms with Crippen LogP contribution in [0.5, 0.6) is 0 Å². The molecule has 0 atom stereocenters. The van der Waals surface area contributed by atoms with Gasteiger partial charge in [-0.1, -0.05) is 36.4 Å². The minimum absolute atomic E-state index is 0.265.